The molecule has 1 rings (SSSR count). The molecule has 1 heterocycles. The molecule has 0 aromatic heterocycles. The minimum Gasteiger partial charge on any atom is -0.481 e. The Morgan fingerprint density at radius 1 is 1.32 bits per heavy atom. The molecule has 0 aromatic carbocycles. The molecule has 0 radical (unpaired) electrons. The van der Waals surface area contributed by atoms with Crippen molar-refractivity contribution in [2.75, 3.05) is 33.4 Å². The van der Waals surface area contributed by atoms with Gasteiger partial charge in [-0.3, -0.25) is 4.79 Å². The van der Waals surface area contributed by atoms with Gasteiger partial charge in [-0.05, 0) is 0 Å². The van der Waals surface area contributed by atoms with Crippen LogP contribution in [0.15, 0.2) is 25.3 Å². The predicted molar refractivity (Wildman–Crippen MR) is 70.9 cm³/mol. The van der Waals surface area contributed by atoms with Crippen LogP contribution in [0.3, 0.4) is 0 Å². The van der Waals surface area contributed by atoms with Crippen molar-refractivity contribution in [1.82, 2.24) is 9.80 Å². The fourth-order valence-electron chi connectivity index (χ4n) is 2.07. The summed E-state index contributed by atoms with van der Waals surface area (Å²) in [6.45, 7) is 8.36. The van der Waals surface area contributed by atoms with Gasteiger partial charge >= 0.3 is 12.0 Å². The average Bonchev–Trinajstić information content (AvgIpc) is 2.86. The van der Waals surface area contributed by atoms with Gasteiger partial charge in [0.2, 0.25) is 0 Å². The first-order valence-electron chi connectivity index (χ1n) is 6.07. The second kappa shape index (κ2) is 6.94. The second-order valence-electron chi connectivity index (χ2n) is 4.43. The van der Waals surface area contributed by atoms with E-state index in [1.54, 1.807) is 19.2 Å². The lowest BCUT2D eigenvalue weighted by molar-refractivity contribution is -0.142. The Hall–Kier alpha value is -1.82. The minimum absolute atomic E-state index is 0.139. The van der Waals surface area contributed by atoms with Gasteiger partial charge in [0.1, 0.15) is 5.92 Å². The van der Waals surface area contributed by atoms with Crippen molar-refractivity contribution < 1.29 is 19.4 Å². The maximum Gasteiger partial charge on any atom is 0.320 e. The van der Waals surface area contributed by atoms with E-state index in [2.05, 4.69) is 13.2 Å². The van der Waals surface area contributed by atoms with Crippen LogP contribution in [0.25, 0.3) is 0 Å². The fourth-order valence-corrected chi connectivity index (χ4v) is 2.07. The Morgan fingerprint density at radius 3 is 2.37 bits per heavy atom. The van der Waals surface area contributed by atoms with Crippen LogP contribution in [0, 0.1) is 5.92 Å². The zero-order valence-electron chi connectivity index (χ0n) is 11.1. The number of urea groups is 1. The number of ether oxygens (including phenoxy) is 1. The third-order valence-electron chi connectivity index (χ3n) is 3.14. The highest BCUT2D eigenvalue weighted by molar-refractivity contribution is 5.77. The molecule has 1 aliphatic heterocycles. The molecule has 1 fully saturated rings. The van der Waals surface area contributed by atoms with Crippen molar-refractivity contribution in [3.63, 3.8) is 0 Å². The fraction of sp³-hybridized carbons (Fsp3) is 0.538. The summed E-state index contributed by atoms with van der Waals surface area (Å²) in [7, 11) is 1.59. The zero-order chi connectivity index (χ0) is 14.4. The average molecular weight is 268 g/mol. The largest absolute Gasteiger partial charge is 0.481 e. The number of rotatable bonds is 6. The monoisotopic (exact) mass is 268 g/mol. The molecule has 0 spiro atoms. The molecule has 1 saturated heterocycles. The number of nitrogens with zero attached hydrogens (tertiary/aromatic N) is 2. The second-order valence-corrected chi connectivity index (χ2v) is 4.43. The predicted octanol–water partition coefficient (Wildman–Crippen LogP) is 0.812. The summed E-state index contributed by atoms with van der Waals surface area (Å²) in [5.74, 6) is -1.62. The molecule has 2 amide bonds. The molecule has 0 aromatic rings. The molecule has 2 unspecified atom stereocenters. The SMILES string of the molecule is C=CCN(CC=C)C(=O)N(C)C1COCC1C(=O)O. The van der Waals surface area contributed by atoms with Crippen LogP contribution in [0.1, 0.15) is 0 Å². The number of hydrogen-bond donors (Lipinski definition) is 1. The smallest absolute Gasteiger partial charge is 0.320 e. The number of amides is 2. The lowest BCUT2D eigenvalue weighted by Crippen LogP contribution is -2.50. The number of carbonyl (C=O) groups is 2. The van der Waals surface area contributed by atoms with Gasteiger partial charge in [-0.15, -0.1) is 13.2 Å². The quantitative estimate of drug-likeness (QED) is 0.724. The Kier molecular flexibility index (Phi) is 5.57. The summed E-state index contributed by atoms with van der Waals surface area (Å²) in [4.78, 5) is 26.4. The number of aliphatic carboxylic acids is 1. The van der Waals surface area contributed by atoms with Gasteiger partial charge in [-0.25, -0.2) is 4.79 Å². The van der Waals surface area contributed by atoms with Crippen LogP contribution < -0.4 is 0 Å². The van der Waals surface area contributed by atoms with Crippen LogP contribution >= 0.6 is 0 Å². The van der Waals surface area contributed by atoms with Crippen LogP contribution in [-0.4, -0.2) is 66.3 Å². The van der Waals surface area contributed by atoms with E-state index in [4.69, 9.17) is 9.84 Å². The summed E-state index contributed by atoms with van der Waals surface area (Å²) < 4.78 is 5.17. The summed E-state index contributed by atoms with van der Waals surface area (Å²) in [5, 5.41) is 9.10. The first-order valence-corrected chi connectivity index (χ1v) is 6.07. The standard InChI is InChI=1S/C13H20N2O4/c1-4-6-15(7-5-2)13(18)14(3)11-9-19-8-10(11)12(16)17/h4-5,10-11H,1-2,6-9H2,3H3,(H,16,17). The van der Waals surface area contributed by atoms with Crippen LogP contribution in [0.2, 0.25) is 0 Å². The lowest BCUT2D eigenvalue weighted by Gasteiger charge is -2.31. The normalized spacial score (nSPS) is 21.7. The first-order chi connectivity index (χ1) is 9.02. The summed E-state index contributed by atoms with van der Waals surface area (Å²) in [5.41, 5.74) is 0. The van der Waals surface area contributed by atoms with Gasteiger partial charge in [0, 0.05) is 20.1 Å². The highest BCUT2D eigenvalue weighted by Crippen LogP contribution is 2.20. The van der Waals surface area contributed by atoms with Gasteiger partial charge in [0.15, 0.2) is 0 Å². The van der Waals surface area contributed by atoms with E-state index in [1.807, 2.05) is 0 Å². The van der Waals surface area contributed by atoms with Crippen LogP contribution in [0.4, 0.5) is 4.79 Å². The molecular formula is C13H20N2O4. The van der Waals surface area contributed by atoms with Crippen molar-refractivity contribution in [2.24, 2.45) is 5.92 Å². The highest BCUT2D eigenvalue weighted by Gasteiger charge is 2.39. The maximum atomic E-state index is 12.3. The maximum absolute atomic E-state index is 12.3. The van der Waals surface area contributed by atoms with Gasteiger partial charge in [0.25, 0.3) is 0 Å². The van der Waals surface area contributed by atoms with E-state index < -0.39 is 17.9 Å². The van der Waals surface area contributed by atoms with Gasteiger partial charge in [-0.2, -0.15) is 0 Å². The number of hydrogen-bond acceptors (Lipinski definition) is 3. The van der Waals surface area contributed by atoms with Crippen LogP contribution in [-0.2, 0) is 9.53 Å². The first kappa shape index (κ1) is 15.2. The molecule has 106 valence electrons. The molecule has 6 nitrogen and oxygen atoms in total. The Morgan fingerprint density at radius 2 is 1.89 bits per heavy atom. The number of carbonyl (C=O) groups excluding carboxylic acids is 1. The Balaban J connectivity index is 2.76. The Bertz CT molecular complexity index is 360. The highest BCUT2D eigenvalue weighted by atomic mass is 16.5. The van der Waals surface area contributed by atoms with Crippen molar-refractivity contribution in [1.29, 1.82) is 0 Å². The molecule has 1 N–H and O–H groups in total. The van der Waals surface area contributed by atoms with Crippen molar-refractivity contribution in [3.8, 4) is 0 Å². The molecule has 2 atom stereocenters. The van der Waals surface area contributed by atoms with Crippen molar-refractivity contribution in [2.45, 2.75) is 6.04 Å². The zero-order valence-corrected chi connectivity index (χ0v) is 11.1. The number of likely N-dealkylation sites (N-methyl/N-ethyl adjacent to an activating group) is 1. The molecule has 6 heteroatoms. The topological polar surface area (TPSA) is 70.1 Å². The molecule has 0 bridgehead atoms. The molecular weight excluding hydrogens is 248 g/mol. The van der Waals surface area contributed by atoms with Crippen molar-refractivity contribution >= 4 is 12.0 Å². The van der Waals surface area contributed by atoms with E-state index in [-0.39, 0.29) is 19.2 Å². The number of carboxylic acid groups (broad SMARTS) is 1. The van der Waals surface area contributed by atoms with Crippen LogP contribution in [0.5, 0.6) is 0 Å². The van der Waals surface area contributed by atoms with E-state index in [1.165, 1.54) is 9.80 Å². The minimum atomic E-state index is -0.943. The van der Waals surface area contributed by atoms with E-state index in [0.717, 1.165) is 0 Å². The van der Waals surface area contributed by atoms with E-state index in [9.17, 15) is 9.59 Å². The summed E-state index contributed by atoms with van der Waals surface area (Å²) in [6, 6.07) is -0.691. The van der Waals surface area contributed by atoms with Gasteiger partial charge in [-0.1, -0.05) is 12.2 Å². The Labute approximate surface area is 112 Å². The lowest BCUT2D eigenvalue weighted by atomic mass is 10.0. The van der Waals surface area contributed by atoms with Crippen molar-refractivity contribution in [3.05, 3.63) is 25.3 Å². The number of carboxylic acids is 1. The summed E-state index contributed by atoms with van der Waals surface area (Å²) >= 11 is 0. The molecule has 19 heavy (non-hydrogen) atoms. The molecule has 0 saturated carbocycles. The molecule has 1 aliphatic rings. The van der Waals surface area contributed by atoms with Gasteiger partial charge < -0.3 is 19.6 Å². The van der Waals surface area contributed by atoms with Gasteiger partial charge in [0.05, 0.1) is 19.3 Å². The summed E-state index contributed by atoms with van der Waals surface area (Å²) in [6.07, 6.45) is 3.24. The third kappa shape index (κ3) is 3.57. The molecule has 0 aliphatic carbocycles. The van der Waals surface area contributed by atoms with E-state index in [0.29, 0.717) is 13.1 Å². The van der Waals surface area contributed by atoms with E-state index >= 15 is 0 Å². The third-order valence-corrected chi connectivity index (χ3v) is 3.14.